The van der Waals surface area contributed by atoms with Crippen LogP contribution in [0.1, 0.15) is 50.2 Å². The third-order valence-corrected chi connectivity index (χ3v) is 9.22. The first-order chi connectivity index (χ1) is 20.7. The molecule has 0 aromatic carbocycles. The van der Waals surface area contributed by atoms with Gasteiger partial charge >= 0.3 is 6.18 Å². The van der Waals surface area contributed by atoms with E-state index in [4.69, 9.17) is 9.57 Å². The standard InChI is InChI=1S/C29H42F3N7O4Si/c1-19-16-38(28-33-13-23(14-34-28)21-6-7-21)9-8-22(19)12-25(40)37-43-17-20(2)36-24-15-35-39(18-42-10-11-44(3,4)5)27(41)26(24)29(30,31)32/h8,13-15,19-21,36H,6-7,9-12,16-18H2,1-5H3,(H,37,40). The monoisotopic (exact) mass is 637 g/mol. The normalized spacial score (nSPS) is 18.1. The summed E-state index contributed by atoms with van der Waals surface area (Å²) in [6.45, 7) is 11.1. The Morgan fingerprint density at radius 3 is 2.50 bits per heavy atom. The second kappa shape index (κ2) is 14.2. The quantitative estimate of drug-likeness (QED) is 0.133. The minimum atomic E-state index is -4.91. The largest absolute Gasteiger partial charge is 0.423 e. The number of ether oxygens (including phenoxy) is 1. The number of anilines is 2. The van der Waals surface area contributed by atoms with Crippen LogP contribution in [0.25, 0.3) is 0 Å². The number of alkyl halides is 3. The highest BCUT2D eigenvalue weighted by Gasteiger charge is 2.38. The molecule has 0 spiro atoms. The van der Waals surface area contributed by atoms with Crippen LogP contribution in [-0.2, 0) is 27.3 Å². The van der Waals surface area contributed by atoms with Crippen molar-refractivity contribution in [1.82, 2.24) is 25.2 Å². The van der Waals surface area contributed by atoms with E-state index in [1.807, 2.05) is 25.4 Å². The van der Waals surface area contributed by atoms with Gasteiger partial charge in [0, 0.05) is 46.2 Å². The van der Waals surface area contributed by atoms with E-state index in [1.165, 1.54) is 18.4 Å². The molecule has 1 fully saturated rings. The van der Waals surface area contributed by atoms with Gasteiger partial charge in [0.05, 0.1) is 24.9 Å². The Labute approximate surface area is 256 Å². The first-order valence-electron chi connectivity index (χ1n) is 14.9. The van der Waals surface area contributed by atoms with Crippen LogP contribution in [0.2, 0.25) is 25.7 Å². The van der Waals surface area contributed by atoms with Gasteiger partial charge in [-0.25, -0.2) is 20.1 Å². The van der Waals surface area contributed by atoms with E-state index >= 15 is 0 Å². The van der Waals surface area contributed by atoms with Crippen molar-refractivity contribution >= 4 is 25.6 Å². The number of hydrogen-bond acceptors (Lipinski definition) is 9. The van der Waals surface area contributed by atoms with Crippen molar-refractivity contribution in [3.63, 3.8) is 0 Å². The number of hydroxylamine groups is 1. The van der Waals surface area contributed by atoms with Gasteiger partial charge in [0.25, 0.3) is 5.56 Å². The third kappa shape index (κ3) is 9.60. The molecule has 11 nitrogen and oxygen atoms in total. The Kier molecular flexibility index (Phi) is 10.8. The van der Waals surface area contributed by atoms with Gasteiger partial charge in [0.2, 0.25) is 11.9 Å². The molecule has 15 heteroatoms. The van der Waals surface area contributed by atoms with Crippen molar-refractivity contribution in [2.24, 2.45) is 5.92 Å². The summed E-state index contributed by atoms with van der Waals surface area (Å²) in [7, 11) is -1.40. The molecule has 1 aliphatic heterocycles. The maximum atomic E-state index is 13.8. The molecule has 0 radical (unpaired) electrons. The topological polar surface area (TPSA) is 124 Å². The van der Waals surface area contributed by atoms with Gasteiger partial charge in [-0.15, -0.1) is 0 Å². The van der Waals surface area contributed by atoms with E-state index < -0.39 is 37.1 Å². The molecule has 2 N–H and O–H groups in total. The van der Waals surface area contributed by atoms with Crippen LogP contribution >= 0.6 is 0 Å². The van der Waals surface area contributed by atoms with Crippen LogP contribution in [-0.4, -0.2) is 66.1 Å². The minimum absolute atomic E-state index is 0.0861. The van der Waals surface area contributed by atoms with E-state index in [0.29, 0.717) is 36.2 Å². The Bertz CT molecular complexity index is 1370. The summed E-state index contributed by atoms with van der Waals surface area (Å²) in [4.78, 5) is 41.5. The highest BCUT2D eigenvalue weighted by atomic mass is 28.3. The highest BCUT2D eigenvalue weighted by Crippen LogP contribution is 2.39. The first kappa shape index (κ1) is 33.6. The molecule has 2 unspecified atom stereocenters. The maximum absolute atomic E-state index is 13.8. The fourth-order valence-corrected chi connectivity index (χ4v) is 5.51. The van der Waals surface area contributed by atoms with Crippen LogP contribution in [0.5, 0.6) is 0 Å². The van der Waals surface area contributed by atoms with E-state index in [0.717, 1.165) is 17.8 Å². The average molecular weight is 638 g/mol. The van der Waals surface area contributed by atoms with Gasteiger partial charge in [0.1, 0.15) is 12.3 Å². The smallest absolute Gasteiger partial charge is 0.378 e. The van der Waals surface area contributed by atoms with Crippen molar-refractivity contribution in [1.29, 1.82) is 0 Å². The Hall–Kier alpha value is -3.30. The number of aromatic nitrogens is 4. The second-order valence-corrected chi connectivity index (χ2v) is 18.4. The molecule has 0 bridgehead atoms. The van der Waals surface area contributed by atoms with Crippen molar-refractivity contribution < 1.29 is 27.5 Å². The predicted molar refractivity (Wildman–Crippen MR) is 163 cm³/mol. The van der Waals surface area contributed by atoms with Gasteiger partial charge < -0.3 is 15.0 Å². The number of nitrogens with zero attached hydrogens (tertiary/aromatic N) is 5. The third-order valence-electron chi connectivity index (χ3n) is 7.51. The van der Waals surface area contributed by atoms with Gasteiger partial charge in [-0.3, -0.25) is 14.4 Å². The molecule has 4 rings (SSSR count). The summed E-state index contributed by atoms with van der Waals surface area (Å²) in [6, 6.07) is 0.121. The highest BCUT2D eigenvalue weighted by molar-refractivity contribution is 6.76. The lowest BCUT2D eigenvalue weighted by Gasteiger charge is -2.31. The van der Waals surface area contributed by atoms with Crippen molar-refractivity contribution in [2.75, 3.05) is 36.5 Å². The molecule has 2 atom stereocenters. The Balaban J connectivity index is 1.25. The molecule has 0 saturated heterocycles. The fourth-order valence-electron chi connectivity index (χ4n) is 4.75. The molecule has 2 aliphatic rings. The van der Waals surface area contributed by atoms with E-state index in [1.54, 1.807) is 6.92 Å². The molecular weight excluding hydrogens is 595 g/mol. The SMILES string of the molecule is CC(CONC(=O)CC1=CCN(c2ncc(C3CC3)cn2)CC1C)Nc1cnn(COCC[Si](C)(C)C)c(=O)c1C(F)(F)F. The molecule has 2 aromatic rings. The molecule has 2 aromatic heterocycles. The summed E-state index contributed by atoms with van der Waals surface area (Å²) < 4.78 is 47.6. The molecule has 3 heterocycles. The van der Waals surface area contributed by atoms with Crippen LogP contribution in [0, 0.1) is 5.92 Å². The van der Waals surface area contributed by atoms with Gasteiger partial charge in [0.15, 0.2) is 0 Å². The minimum Gasteiger partial charge on any atom is -0.378 e. The Morgan fingerprint density at radius 2 is 1.89 bits per heavy atom. The predicted octanol–water partition coefficient (Wildman–Crippen LogP) is 4.56. The van der Waals surface area contributed by atoms with Gasteiger partial charge in [-0.1, -0.05) is 38.2 Å². The van der Waals surface area contributed by atoms with Gasteiger partial charge in [-0.05, 0) is 43.2 Å². The zero-order valence-corrected chi connectivity index (χ0v) is 26.9. The number of nitrogens with one attached hydrogen (secondary N) is 2. The zero-order valence-electron chi connectivity index (χ0n) is 25.9. The summed E-state index contributed by atoms with van der Waals surface area (Å²) in [6.07, 6.45) is 4.32. The Morgan fingerprint density at radius 1 is 1.18 bits per heavy atom. The summed E-state index contributed by atoms with van der Waals surface area (Å²) in [5, 5.41) is 6.49. The van der Waals surface area contributed by atoms with Crippen LogP contribution in [0.3, 0.4) is 0 Å². The number of halogens is 3. The summed E-state index contributed by atoms with van der Waals surface area (Å²) in [5.74, 6) is 0.972. The van der Waals surface area contributed by atoms with E-state index in [-0.39, 0.29) is 31.6 Å². The zero-order chi connectivity index (χ0) is 32.1. The average Bonchev–Trinajstić information content (AvgIpc) is 3.78. The van der Waals surface area contributed by atoms with Crippen LogP contribution in [0.4, 0.5) is 24.8 Å². The van der Waals surface area contributed by atoms with Gasteiger partial charge in [-0.2, -0.15) is 18.3 Å². The second-order valence-electron chi connectivity index (χ2n) is 12.8. The number of carbonyl (C=O) groups is 1. The fraction of sp³-hybridized carbons (Fsp3) is 0.621. The number of amides is 1. The molecular formula is C29H42F3N7O4Si. The number of hydrogen-bond donors (Lipinski definition) is 2. The summed E-state index contributed by atoms with van der Waals surface area (Å²) >= 11 is 0. The van der Waals surface area contributed by atoms with Crippen molar-refractivity contribution in [2.45, 2.75) is 83.7 Å². The van der Waals surface area contributed by atoms with Crippen LogP contribution < -0.4 is 21.3 Å². The van der Waals surface area contributed by atoms with Crippen molar-refractivity contribution in [3.8, 4) is 0 Å². The van der Waals surface area contributed by atoms with Crippen LogP contribution in [0.15, 0.2) is 35.0 Å². The lowest BCUT2D eigenvalue weighted by molar-refractivity contribution is -0.138. The molecule has 1 amide bonds. The lowest BCUT2D eigenvalue weighted by Crippen LogP contribution is -2.37. The number of rotatable bonds is 14. The first-order valence-corrected chi connectivity index (χ1v) is 18.6. The molecule has 1 saturated carbocycles. The molecule has 242 valence electrons. The molecule has 44 heavy (non-hydrogen) atoms. The lowest BCUT2D eigenvalue weighted by atomic mass is 9.94. The van der Waals surface area contributed by atoms with Crippen molar-refractivity contribution in [3.05, 3.63) is 51.7 Å². The maximum Gasteiger partial charge on any atom is 0.423 e. The number of carbonyl (C=O) groups excluding carboxylic acids is 1. The molecule has 1 aliphatic carbocycles. The van der Waals surface area contributed by atoms with E-state index in [9.17, 15) is 22.8 Å². The van der Waals surface area contributed by atoms with E-state index in [2.05, 4.69) is 50.4 Å². The summed E-state index contributed by atoms with van der Waals surface area (Å²) in [5.41, 5.74) is 1.35.